The molecule has 0 bridgehead atoms. The highest BCUT2D eigenvalue weighted by molar-refractivity contribution is 6.32. The summed E-state index contributed by atoms with van der Waals surface area (Å²) in [5.74, 6) is -2.87. The van der Waals surface area contributed by atoms with Gasteiger partial charge in [-0.25, -0.2) is 14.3 Å². The highest BCUT2D eigenvalue weighted by atomic mass is 16.6. The number of nitrogens with zero attached hydrogens (tertiary/aromatic N) is 4. The van der Waals surface area contributed by atoms with Gasteiger partial charge in [0, 0.05) is 0 Å². The number of aromatic hydroxyl groups is 1. The minimum Gasteiger partial charge on any atom is -0.493 e. The number of carbonyl (C=O) groups excluding carboxylic acids is 1. The Balaban J connectivity index is 1.52. The van der Waals surface area contributed by atoms with Gasteiger partial charge in [0.15, 0.2) is 0 Å². The molecule has 2 aliphatic heterocycles. The molecule has 2 aromatic carbocycles. The maximum atomic E-state index is 13.5. The number of aliphatic hydroxyl groups excluding tert-OH is 1. The second kappa shape index (κ2) is 10.8. The van der Waals surface area contributed by atoms with E-state index < -0.39 is 23.9 Å². The summed E-state index contributed by atoms with van der Waals surface area (Å²) in [6, 6.07) is 11.5. The van der Waals surface area contributed by atoms with Crippen LogP contribution in [0.15, 0.2) is 70.9 Å². The van der Waals surface area contributed by atoms with Crippen LogP contribution in [0.3, 0.4) is 0 Å². The molecule has 0 radical (unpaired) electrons. The number of ether oxygens (including phenoxy) is 1. The van der Waals surface area contributed by atoms with Gasteiger partial charge in [0.05, 0.1) is 46.3 Å². The standard InChI is InChI=1S/C29H26N4O8/c1-3-16(12-21-24(15(2)34)30-32(26(21)35)19-8-4-17(5-9-19)28(37)38)13-22-25(23-14-41-23)31-33(27(22)36)20-10-6-18(7-11-20)29(39)40/h4-13,15,23,34-35H,3,14H2,1-2H3,(H,37,38)(H,39,40). The van der Waals surface area contributed by atoms with E-state index in [1.165, 1.54) is 65.1 Å². The van der Waals surface area contributed by atoms with Crippen molar-refractivity contribution in [3.05, 3.63) is 88.1 Å². The number of allylic oxidation sites excluding steroid dienone is 2. The van der Waals surface area contributed by atoms with E-state index >= 15 is 0 Å². The second-order valence-electron chi connectivity index (χ2n) is 9.47. The number of aliphatic hydroxyl groups is 1. The molecule has 1 aromatic heterocycles. The smallest absolute Gasteiger partial charge is 0.335 e. The van der Waals surface area contributed by atoms with Gasteiger partial charge in [-0.3, -0.25) is 4.79 Å². The van der Waals surface area contributed by atoms with Crippen LogP contribution in [0.4, 0.5) is 5.69 Å². The van der Waals surface area contributed by atoms with E-state index in [-0.39, 0.29) is 39.9 Å². The van der Waals surface area contributed by atoms with Crippen molar-refractivity contribution in [1.29, 1.82) is 0 Å². The largest absolute Gasteiger partial charge is 0.493 e. The van der Waals surface area contributed by atoms with Crippen molar-refractivity contribution in [3.63, 3.8) is 0 Å². The average Bonchev–Trinajstić information content (AvgIpc) is 3.68. The lowest BCUT2D eigenvalue weighted by atomic mass is 10.0. The summed E-state index contributed by atoms with van der Waals surface area (Å²) in [7, 11) is 0. The van der Waals surface area contributed by atoms with Crippen LogP contribution in [0, 0.1) is 0 Å². The number of benzene rings is 2. The van der Waals surface area contributed by atoms with E-state index in [1.54, 1.807) is 12.2 Å². The molecule has 41 heavy (non-hydrogen) atoms. The molecule has 5 rings (SSSR count). The van der Waals surface area contributed by atoms with Crippen molar-refractivity contribution in [1.82, 2.24) is 9.78 Å². The number of carboxylic acids is 2. The van der Waals surface area contributed by atoms with E-state index in [0.29, 0.717) is 35.7 Å². The molecule has 0 saturated carbocycles. The van der Waals surface area contributed by atoms with Gasteiger partial charge in [-0.15, -0.1) is 0 Å². The van der Waals surface area contributed by atoms with Gasteiger partial charge in [-0.1, -0.05) is 6.92 Å². The number of amides is 1. The number of anilines is 1. The van der Waals surface area contributed by atoms with Crippen molar-refractivity contribution in [2.45, 2.75) is 32.5 Å². The Morgan fingerprint density at radius 2 is 1.61 bits per heavy atom. The number of hydrogen-bond acceptors (Lipinski definition) is 8. The Bertz CT molecular complexity index is 1630. The Labute approximate surface area is 233 Å². The van der Waals surface area contributed by atoms with Gasteiger partial charge in [-0.2, -0.15) is 15.2 Å². The fourth-order valence-electron chi connectivity index (χ4n) is 4.36. The van der Waals surface area contributed by atoms with Crippen LogP contribution in [0.2, 0.25) is 0 Å². The lowest BCUT2D eigenvalue weighted by Gasteiger charge is -2.12. The van der Waals surface area contributed by atoms with E-state index in [1.807, 2.05) is 6.92 Å². The summed E-state index contributed by atoms with van der Waals surface area (Å²) < 4.78 is 6.62. The summed E-state index contributed by atoms with van der Waals surface area (Å²) in [6.07, 6.45) is 2.32. The summed E-state index contributed by atoms with van der Waals surface area (Å²) in [5.41, 5.74) is 2.71. The maximum Gasteiger partial charge on any atom is 0.335 e. The van der Waals surface area contributed by atoms with Crippen molar-refractivity contribution >= 4 is 35.3 Å². The third kappa shape index (κ3) is 5.38. The minimum absolute atomic E-state index is 0.0707. The van der Waals surface area contributed by atoms with Gasteiger partial charge in [0.1, 0.15) is 17.5 Å². The van der Waals surface area contributed by atoms with Gasteiger partial charge in [0.2, 0.25) is 5.88 Å². The Kier molecular flexibility index (Phi) is 7.26. The Morgan fingerprint density at radius 3 is 2.10 bits per heavy atom. The number of aromatic carboxylic acids is 2. The lowest BCUT2D eigenvalue weighted by Crippen LogP contribution is -2.22. The van der Waals surface area contributed by atoms with Crippen LogP contribution in [-0.4, -0.2) is 66.5 Å². The molecule has 0 aliphatic carbocycles. The normalized spacial score (nSPS) is 18.5. The number of hydrazone groups is 1. The molecule has 12 nitrogen and oxygen atoms in total. The first-order valence-electron chi connectivity index (χ1n) is 12.7. The summed E-state index contributed by atoms with van der Waals surface area (Å²) in [4.78, 5) is 35.9. The molecule has 3 heterocycles. The fourth-order valence-corrected chi connectivity index (χ4v) is 4.36. The maximum absolute atomic E-state index is 13.5. The lowest BCUT2D eigenvalue weighted by molar-refractivity contribution is -0.114. The number of rotatable bonds is 9. The average molecular weight is 559 g/mol. The molecule has 0 spiro atoms. The SMILES string of the molecule is CCC(=Cc1c(C(C)O)nn(-c2ccc(C(=O)O)cc2)c1O)C=C1C(=O)N(c2ccc(C(=O)O)cc2)N=C1C1CO1. The topological polar surface area (TPSA) is 178 Å². The Hall–Kier alpha value is -5.07. The van der Waals surface area contributed by atoms with E-state index in [2.05, 4.69) is 10.2 Å². The second-order valence-corrected chi connectivity index (χ2v) is 9.47. The van der Waals surface area contributed by atoms with Crippen molar-refractivity contribution in [2.24, 2.45) is 5.10 Å². The van der Waals surface area contributed by atoms with Crippen molar-refractivity contribution in [3.8, 4) is 11.6 Å². The third-order valence-electron chi connectivity index (χ3n) is 6.65. The minimum atomic E-state index is -1.09. The molecule has 2 unspecified atom stereocenters. The molecule has 4 N–H and O–H groups in total. The van der Waals surface area contributed by atoms with Crippen molar-refractivity contribution < 1.29 is 39.5 Å². The molecular weight excluding hydrogens is 532 g/mol. The molecule has 3 aromatic rings. The van der Waals surface area contributed by atoms with Crippen LogP contribution in [0.25, 0.3) is 11.8 Å². The quantitative estimate of drug-likeness (QED) is 0.226. The van der Waals surface area contributed by atoms with E-state index in [0.717, 1.165) is 0 Å². The zero-order chi connectivity index (χ0) is 29.4. The van der Waals surface area contributed by atoms with Crippen LogP contribution < -0.4 is 5.01 Å². The number of hydrogen-bond donors (Lipinski definition) is 4. The molecule has 1 fully saturated rings. The molecule has 1 saturated heterocycles. The Morgan fingerprint density at radius 1 is 1.05 bits per heavy atom. The van der Waals surface area contributed by atoms with Gasteiger partial charge >= 0.3 is 11.9 Å². The summed E-state index contributed by atoms with van der Waals surface area (Å²) in [5, 5.41) is 49.9. The van der Waals surface area contributed by atoms with E-state index in [9.17, 15) is 29.7 Å². The van der Waals surface area contributed by atoms with E-state index in [4.69, 9.17) is 9.84 Å². The van der Waals surface area contributed by atoms with Gasteiger partial charge in [0.25, 0.3) is 5.91 Å². The van der Waals surface area contributed by atoms with Gasteiger partial charge < -0.3 is 25.2 Å². The van der Waals surface area contributed by atoms with Crippen LogP contribution in [-0.2, 0) is 9.53 Å². The molecule has 12 heteroatoms. The first-order valence-corrected chi connectivity index (χ1v) is 12.7. The zero-order valence-electron chi connectivity index (χ0n) is 22.1. The predicted molar refractivity (Wildman–Crippen MR) is 147 cm³/mol. The highest BCUT2D eigenvalue weighted by Crippen LogP contribution is 2.34. The molecule has 2 atom stereocenters. The number of carbonyl (C=O) groups is 3. The molecule has 1 amide bonds. The number of aromatic nitrogens is 2. The first-order chi connectivity index (χ1) is 19.6. The van der Waals surface area contributed by atoms with Crippen LogP contribution >= 0.6 is 0 Å². The third-order valence-corrected chi connectivity index (χ3v) is 6.65. The molecular formula is C29H26N4O8. The number of epoxide rings is 1. The zero-order valence-corrected chi connectivity index (χ0v) is 22.1. The molecule has 2 aliphatic rings. The van der Waals surface area contributed by atoms with Gasteiger partial charge in [-0.05, 0) is 79.6 Å². The monoisotopic (exact) mass is 558 g/mol. The van der Waals surface area contributed by atoms with Crippen molar-refractivity contribution in [2.75, 3.05) is 11.6 Å². The fraction of sp³-hybridized carbons (Fsp3) is 0.207. The molecule has 210 valence electrons. The summed E-state index contributed by atoms with van der Waals surface area (Å²) in [6.45, 7) is 3.77. The predicted octanol–water partition coefficient (Wildman–Crippen LogP) is 3.55. The summed E-state index contributed by atoms with van der Waals surface area (Å²) >= 11 is 0. The van der Waals surface area contributed by atoms with Crippen LogP contribution in [0.5, 0.6) is 5.88 Å². The number of carboxylic acid groups (broad SMARTS) is 2. The van der Waals surface area contributed by atoms with Crippen LogP contribution in [0.1, 0.15) is 58.3 Å². The highest BCUT2D eigenvalue weighted by Gasteiger charge is 2.41. The first kappa shape index (κ1) is 27.5.